The highest BCUT2D eigenvalue weighted by Gasteiger charge is 2.01. The van der Waals surface area contributed by atoms with Crippen molar-refractivity contribution in [1.29, 1.82) is 0 Å². The Bertz CT molecular complexity index is 277. The Morgan fingerprint density at radius 2 is 2.46 bits per heavy atom. The second-order valence-corrected chi connectivity index (χ2v) is 3.22. The Balaban J connectivity index is 0.00000144. The zero-order valence-electron chi connectivity index (χ0n) is 7.15. The summed E-state index contributed by atoms with van der Waals surface area (Å²) in [7, 11) is 0. The van der Waals surface area contributed by atoms with Crippen LogP contribution in [-0.2, 0) is 11.2 Å². The molecule has 1 amide bonds. The molecule has 0 saturated carbocycles. The Hall–Kier alpha value is -0.810. The number of hydrogen-bond donors (Lipinski definition) is 1. The van der Waals surface area contributed by atoms with Crippen LogP contribution < -0.4 is 5.73 Å². The molecule has 0 aliphatic rings. The summed E-state index contributed by atoms with van der Waals surface area (Å²) >= 11 is 1.56. The van der Waals surface area contributed by atoms with Crippen molar-refractivity contribution in [2.24, 2.45) is 5.73 Å². The molecular formula is C7H11ClN2O2S. The molecule has 0 fully saturated rings. The van der Waals surface area contributed by atoms with Crippen LogP contribution in [0, 0.1) is 6.92 Å². The number of rotatable bonds is 3. The Labute approximate surface area is 86.5 Å². The second kappa shape index (κ2) is 5.77. The molecule has 2 N–H and O–H groups in total. The van der Waals surface area contributed by atoms with Gasteiger partial charge in [-0.2, -0.15) is 0 Å². The first-order valence-corrected chi connectivity index (χ1v) is 4.39. The summed E-state index contributed by atoms with van der Waals surface area (Å²) in [5.41, 5.74) is 7.56. The molecule has 0 saturated heterocycles. The van der Waals surface area contributed by atoms with Crippen LogP contribution in [0.2, 0.25) is 0 Å². The van der Waals surface area contributed by atoms with Crippen molar-refractivity contribution in [2.45, 2.75) is 13.3 Å². The van der Waals surface area contributed by atoms with E-state index in [4.69, 9.17) is 5.73 Å². The minimum Gasteiger partial charge on any atom is -0.449 e. The first kappa shape index (κ1) is 12.2. The highest BCUT2D eigenvalue weighted by atomic mass is 35.5. The summed E-state index contributed by atoms with van der Waals surface area (Å²) in [6, 6.07) is 0. The van der Waals surface area contributed by atoms with Gasteiger partial charge in [0.2, 0.25) is 0 Å². The molecule has 1 aromatic heterocycles. The number of halogens is 1. The van der Waals surface area contributed by atoms with E-state index in [0.29, 0.717) is 13.0 Å². The van der Waals surface area contributed by atoms with E-state index in [9.17, 15) is 4.79 Å². The number of carbonyl (C=O) groups excluding carboxylic acids is 1. The average Bonchev–Trinajstić information content (AvgIpc) is 2.36. The van der Waals surface area contributed by atoms with Gasteiger partial charge in [0.25, 0.3) is 0 Å². The van der Waals surface area contributed by atoms with Gasteiger partial charge in [-0.15, -0.1) is 23.7 Å². The van der Waals surface area contributed by atoms with Crippen molar-refractivity contribution in [1.82, 2.24) is 4.98 Å². The van der Waals surface area contributed by atoms with Gasteiger partial charge in [-0.1, -0.05) is 0 Å². The van der Waals surface area contributed by atoms with Crippen molar-refractivity contribution >= 4 is 29.8 Å². The van der Waals surface area contributed by atoms with E-state index in [1.54, 1.807) is 16.8 Å². The fraction of sp³-hybridized carbons (Fsp3) is 0.429. The third-order valence-corrected chi connectivity index (χ3v) is 2.41. The lowest BCUT2D eigenvalue weighted by atomic mass is 10.3. The molecular weight excluding hydrogens is 212 g/mol. The predicted octanol–water partition coefficient (Wildman–Crippen LogP) is 1.51. The summed E-state index contributed by atoms with van der Waals surface area (Å²) in [5, 5.41) is 0. The molecule has 1 aromatic rings. The largest absolute Gasteiger partial charge is 0.449 e. The number of aromatic nitrogens is 1. The van der Waals surface area contributed by atoms with Gasteiger partial charge in [-0.25, -0.2) is 9.78 Å². The van der Waals surface area contributed by atoms with Crippen molar-refractivity contribution in [3.8, 4) is 0 Å². The van der Waals surface area contributed by atoms with E-state index < -0.39 is 6.09 Å². The van der Waals surface area contributed by atoms with Gasteiger partial charge in [0.15, 0.2) is 0 Å². The van der Waals surface area contributed by atoms with Crippen LogP contribution in [0.4, 0.5) is 4.79 Å². The van der Waals surface area contributed by atoms with Crippen molar-refractivity contribution in [3.05, 3.63) is 16.1 Å². The molecule has 0 unspecified atom stereocenters. The van der Waals surface area contributed by atoms with E-state index in [2.05, 4.69) is 9.72 Å². The first-order valence-electron chi connectivity index (χ1n) is 3.51. The zero-order chi connectivity index (χ0) is 8.97. The highest BCUT2D eigenvalue weighted by molar-refractivity contribution is 7.09. The molecule has 13 heavy (non-hydrogen) atoms. The molecule has 4 nitrogen and oxygen atoms in total. The fourth-order valence-electron chi connectivity index (χ4n) is 0.810. The summed E-state index contributed by atoms with van der Waals surface area (Å²) in [6.07, 6.45) is -0.0310. The molecule has 0 atom stereocenters. The van der Waals surface area contributed by atoms with Crippen molar-refractivity contribution < 1.29 is 9.53 Å². The van der Waals surface area contributed by atoms with E-state index >= 15 is 0 Å². The Kier molecular flexibility index (Phi) is 5.41. The Morgan fingerprint density at radius 1 is 1.77 bits per heavy atom. The molecule has 0 spiro atoms. The molecule has 6 heteroatoms. The number of aryl methyl sites for hydroxylation is 1. The van der Waals surface area contributed by atoms with E-state index in [-0.39, 0.29) is 12.4 Å². The molecule has 0 bridgehead atoms. The molecule has 0 aliphatic heterocycles. The minimum atomic E-state index is -0.725. The van der Waals surface area contributed by atoms with E-state index in [0.717, 1.165) is 10.6 Å². The van der Waals surface area contributed by atoms with Gasteiger partial charge in [0, 0.05) is 11.3 Å². The van der Waals surface area contributed by atoms with Gasteiger partial charge < -0.3 is 10.5 Å². The monoisotopic (exact) mass is 222 g/mol. The van der Waals surface area contributed by atoms with Gasteiger partial charge in [0.05, 0.1) is 17.8 Å². The smallest absolute Gasteiger partial charge is 0.404 e. The summed E-state index contributed by atoms with van der Waals surface area (Å²) in [4.78, 5) is 15.4. The SMILES string of the molecule is Cc1ncsc1CCOC(N)=O.Cl. The minimum absolute atomic E-state index is 0. The molecule has 0 aliphatic carbocycles. The number of amides is 1. The van der Waals surface area contributed by atoms with Crippen molar-refractivity contribution in [2.75, 3.05) is 6.61 Å². The number of ether oxygens (including phenoxy) is 1. The normalized spacial score (nSPS) is 9.00. The van der Waals surface area contributed by atoms with Crippen LogP contribution in [0.5, 0.6) is 0 Å². The maximum Gasteiger partial charge on any atom is 0.404 e. The molecule has 1 heterocycles. The molecule has 1 rings (SSSR count). The number of primary amides is 1. The number of carbonyl (C=O) groups is 1. The fourth-order valence-corrected chi connectivity index (χ4v) is 1.57. The number of thiazole rings is 1. The molecule has 74 valence electrons. The third kappa shape index (κ3) is 4.10. The maximum absolute atomic E-state index is 10.2. The van der Waals surface area contributed by atoms with Crippen LogP contribution in [0.25, 0.3) is 0 Å². The topological polar surface area (TPSA) is 65.2 Å². The highest BCUT2D eigenvalue weighted by Crippen LogP contribution is 2.12. The first-order chi connectivity index (χ1) is 5.70. The lowest BCUT2D eigenvalue weighted by Crippen LogP contribution is -2.14. The Morgan fingerprint density at radius 3 is 2.92 bits per heavy atom. The third-order valence-electron chi connectivity index (χ3n) is 1.42. The lowest BCUT2D eigenvalue weighted by molar-refractivity contribution is 0.158. The van der Waals surface area contributed by atoms with Crippen LogP contribution >= 0.6 is 23.7 Å². The maximum atomic E-state index is 10.2. The van der Waals surface area contributed by atoms with Crippen LogP contribution in [0.15, 0.2) is 5.51 Å². The van der Waals surface area contributed by atoms with Crippen LogP contribution in [-0.4, -0.2) is 17.7 Å². The van der Waals surface area contributed by atoms with E-state index in [1.807, 2.05) is 6.92 Å². The number of nitrogens with zero attached hydrogens (tertiary/aromatic N) is 1. The van der Waals surface area contributed by atoms with E-state index in [1.165, 1.54) is 0 Å². The summed E-state index contributed by atoms with van der Waals surface area (Å²) < 4.78 is 4.59. The van der Waals surface area contributed by atoms with Gasteiger partial charge in [-0.05, 0) is 6.92 Å². The standard InChI is InChI=1S/C7H10N2O2S.ClH/c1-5-6(12-4-9-5)2-3-11-7(8)10;/h4H,2-3H2,1H3,(H2,8,10);1H. The van der Waals surface area contributed by atoms with Gasteiger partial charge >= 0.3 is 6.09 Å². The van der Waals surface area contributed by atoms with Gasteiger partial charge in [0.1, 0.15) is 0 Å². The number of hydrogen-bond acceptors (Lipinski definition) is 4. The van der Waals surface area contributed by atoms with Crippen molar-refractivity contribution in [3.63, 3.8) is 0 Å². The molecule has 0 aromatic carbocycles. The summed E-state index contributed by atoms with van der Waals surface area (Å²) in [5.74, 6) is 0. The lowest BCUT2D eigenvalue weighted by Gasteiger charge is -1.98. The predicted molar refractivity (Wildman–Crippen MR) is 53.3 cm³/mol. The second-order valence-electron chi connectivity index (χ2n) is 2.28. The average molecular weight is 223 g/mol. The summed E-state index contributed by atoms with van der Waals surface area (Å²) in [6.45, 7) is 2.26. The zero-order valence-corrected chi connectivity index (χ0v) is 8.78. The van der Waals surface area contributed by atoms with Crippen LogP contribution in [0.1, 0.15) is 10.6 Å². The van der Waals surface area contributed by atoms with Crippen LogP contribution in [0.3, 0.4) is 0 Å². The quantitative estimate of drug-likeness (QED) is 0.843. The van der Waals surface area contributed by atoms with Gasteiger partial charge in [-0.3, -0.25) is 0 Å². The molecule has 0 radical (unpaired) electrons. The number of nitrogens with two attached hydrogens (primary N) is 1.